The lowest BCUT2D eigenvalue weighted by molar-refractivity contribution is 0.0696. The summed E-state index contributed by atoms with van der Waals surface area (Å²) in [5, 5.41) is 19.2. The number of aldehydes is 1. The van der Waals surface area contributed by atoms with Gasteiger partial charge in [-0.25, -0.2) is 4.79 Å². The van der Waals surface area contributed by atoms with Crippen LogP contribution in [0.3, 0.4) is 0 Å². The number of carbonyl (C=O) groups excluding carboxylic acids is 1. The summed E-state index contributed by atoms with van der Waals surface area (Å²) in [6.45, 7) is 0. The predicted molar refractivity (Wildman–Crippen MR) is 79.0 cm³/mol. The average Bonchev–Trinajstić information content (AvgIpc) is 2.54. The molecular weight excluding hydrogens is 288 g/mol. The minimum absolute atomic E-state index is 0.0454. The lowest BCUT2D eigenvalue weighted by atomic mass is 9.96. The average molecular weight is 302 g/mol. The van der Waals surface area contributed by atoms with Crippen molar-refractivity contribution in [2.24, 2.45) is 0 Å². The van der Waals surface area contributed by atoms with Crippen LogP contribution in [0, 0.1) is 0 Å². The van der Waals surface area contributed by atoms with E-state index in [1.54, 1.807) is 12.1 Å². The van der Waals surface area contributed by atoms with Crippen LogP contribution in [0.15, 0.2) is 30.3 Å². The minimum Gasteiger partial charge on any atom is -0.502 e. The molecule has 2 aromatic carbocycles. The molecular formula is C16H14O6. The lowest BCUT2D eigenvalue weighted by Crippen LogP contribution is -1.99. The zero-order valence-electron chi connectivity index (χ0n) is 12.0. The quantitative estimate of drug-likeness (QED) is 0.825. The van der Waals surface area contributed by atoms with E-state index in [0.29, 0.717) is 17.4 Å². The molecule has 2 N–H and O–H groups in total. The van der Waals surface area contributed by atoms with Gasteiger partial charge < -0.3 is 19.7 Å². The number of phenols is 1. The van der Waals surface area contributed by atoms with Crippen LogP contribution in [0.1, 0.15) is 20.7 Å². The normalized spacial score (nSPS) is 10.1. The van der Waals surface area contributed by atoms with Gasteiger partial charge in [-0.15, -0.1) is 0 Å². The molecule has 0 amide bonds. The van der Waals surface area contributed by atoms with Crippen molar-refractivity contribution < 1.29 is 29.3 Å². The summed E-state index contributed by atoms with van der Waals surface area (Å²) in [4.78, 5) is 22.4. The number of hydrogen-bond donors (Lipinski definition) is 2. The maximum Gasteiger partial charge on any atom is 0.335 e. The van der Waals surface area contributed by atoms with Crippen LogP contribution >= 0.6 is 0 Å². The molecule has 0 bridgehead atoms. The van der Waals surface area contributed by atoms with E-state index in [1.165, 1.54) is 32.4 Å². The molecule has 0 unspecified atom stereocenters. The molecule has 0 radical (unpaired) electrons. The van der Waals surface area contributed by atoms with Gasteiger partial charge in [-0.2, -0.15) is 0 Å². The van der Waals surface area contributed by atoms with Crippen molar-refractivity contribution in [2.75, 3.05) is 14.2 Å². The summed E-state index contributed by atoms with van der Waals surface area (Å²) in [6, 6.07) is 7.38. The van der Waals surface area contributed by atoms with Crippen molar-refractivity contribution in [3.05, 3.63) is 41.5 Å². The van der Waals surface area contributed by atoms with Gasteiger partial charge in [-0.1, -0.05) is 12.1 Å². The first-order valence-corrected chi connectivity index (χ1v) is 6.30. The number of carboxylic acid groups (broad SMARTS) is 1. The Balaban J connectivity index is 2.78. The number of carboxylic acids is 1. The fourth-order valence-electron chi connectivity index (χ4n) is 2.20. The number of carbonyl (C=O) groups is 2. The highest BCUT2D eigenvalue weighted by Gasteiger charge is 2.21. The van der Waals surface area contributed by atoms with E-state index in [1.807, 2.05) is 0 Å². The Bertz CT molecular complexity index is 736. The van der Waals surface area contributed by atoms with Crippen molar-refractivity contribution in [2.45, 2.75) is 0 Å². The van der Waals surface area contributed by atoms with Crippen LogP contribution in [-0.2, 0) is 0 Å². The predicted octanol–water partition coefficient (Wildman–Crippen LogP) is 2.59. The molecule has 0 aromatic heterocycles. The third-order valence-corrected chi connectivity index (χ3v) is 3.20. The molecule has 0 fully saturated rings. The Morgan fingerprint density at radius 1 is 1.18 bits per heavy atom. The Hall–Kier alpha value is -3.02. The van der Waals surface area contributed by atoms with E-state index < -0.39 is 5.97 Å². The minimum atomic E-state index is -1.09. The van der Waals surface area contributed by atoms with Crippen LogP contribution in [0.5, 0.6) is 17.2 Å². The second-order valence-corrected chi connectivity index (χ2v) is 4.43. The van der Waals surface area contributed by atoms with E-state index in [4.69, 9.17) is 14.6 Å². The fourth-order valence-corrected chi connectivity index (χ4v) is 2.20. The van der Waals surface area contributed by atoms with Gasteiger partial charge >= 0.3 is 5.97 Å². The topological polar surface area (TPSA) is 93.1 Å². The molecule has 6 nitrogen and oxygen atoms in total. The first-order chi connectivity index (χ1) is 10.5. The molecule has 0 atom stereocenters. The molecule has 22 heavy (non-hydrogen) atoms. The monoisotopic (exact) mass is 302 g/mol. The number of methoxy groups -OCH3 is 2. The molecule has 0 aliphatic carbocycles. The molecule has 0 aliphatic rings. The molecule has 2 rings (SSSR count). The highest BCUT2D eigenvalue weighted by Crippen LogP contribution is 2.45. The molecule has 6 heteroatoms. The molecule has 2 aromatic rings. The zero-order valence-corrected chi connectivity index (χ0v) is 12.0. The highest BCUT2D eigenvalue weighted by molar-refractivity contribution is 5.95. The van der Waals surface area contributed by atoms with Gasteiger partial charge in [0.25, 0.3) is 0 Å². The third kappa shape index (κ3) is 2.58. The van der Waals surface area contributed by atoms with E-state index >= 15 is 0 Å². The second-order valence-electron chi connectivity index (χ2n) is 4.43. The summed E-state index contributed by atoms with van der Waals surface area (Å²) in [5.74, 6) is -1.21. The van der Waals surface area contributed by atoms with Crippen LogP contribution < -0.4 is 9.47 Å². The lowest BCUT2D eigenvalue weighted by Gasteiger charge is -2.16. The van der Waals surface area contributed by atoms with Crippen molar-refractivity contribution >= 4 is 12.3 Å². The van der Waals surface area contributed by atoms with Crippen molar-refractivity contribution in [1.82, 2.24) is 0 Å². The van der Waals surface area contributed by atoms with Crippen LogP contribution in [0.4, 0.5) is 0 Å². The number of aromatic hydroxyl groups is 1. The number of phenolic OH excluding ortho intramolecular Hbond substituents is 1. The number of rotatable bonds is 5. The summed E-state index contributed by atoms with van der Waals surface area (Å²) in [7, 11) is 2.70. The van der Waals surface area contributed by atoms with Crippen molar-refractivity contribution in [1.29, 1.82) is 0 Å². The van der Waals surface area contributed by atoms with E-state index in [-0.39, 0.29) is 28.4 Å². The third-order valence-electron chi connectivity index (χ3n) is 3.20. The van der Waals surface area contributed by atoms with E-state index in [2.05, 4.69) is 0 Å². The molecule has 0 spiro atoms. The first-order valence-electron chi connectivity index (χ1n) is 6.30. The van der Waals surface area contributed by atoms with Gasteiger partial charge in [-0.05, 0) is 23.8 Å². The Kier molecular flexibility index (Phi) is 4.31. The molecule has 0 saturated heterocycles. The number of ether oxygens (including phenoxy) is 2. The fraction of sp³-hybridized carbons (Fsp3) is 0.125. The van der Waals surface area contributed by atoms with Crippen LogP contribution in [0.2, 0.25) is 0 Å². The first kappa shape index (κ1) is 15.4. The van der Waals surface area contributed by atoms with E-state index in [9.17, 15) is 14.7 Å². The number of benzene rings is 2. The summed E-state index contributed by atoms with van der Waals surface area (Å²) in [5.41, 5.74) is 1.02. The zero-order chi connectivity index (χ0) is 16.3. The maximum absolute atomic E-state index is 11.4. The van der Waals surface area contributed by atoms with Gasteiger partial charge in [-0.3, -0.25) is 4.79 Å². The van der Waals surface area contributed by atoms with Gasteiger partial charge in [0.15, 0.2) is 17.8 Å². The van der Waals surface area contributed by atoms with Gasteiger partial charge in [0, 0.05) is 11.1 Å². The van der Waals surface area contributed by atoms with Crippen molar-refractivity contribution in [3.63, 3.8) is 0 Å². The largest absolute Gasteiger partial charge is 0.502 e. The van der Waals surface area contributed by atoms with Gasteiger partial charge in [0.1, 0.15) is 0 Å². The summed E-state index contributed by atoms with van der Waals surface area (Å²) < 4.78 is 10.2. The molecule has 0 aliphatic heterocycles. The van der Waals surface area contributed by atoms with Gasteiger partial charge in [0.2, 0.25) is 5.75 Å². The second kappa shape index (κ2) is 6.17. The summed E-state index contributed by atoms with van der Waals surface area (Å²) >= 11 is 0. The standard InChI is InChI=1S/C16H14O6/c1-21-12-7-11(8-17)13(15(22-2)14(12)18)9-4-3-5-10(6-9)16(19)20/h3-8,18H,1-2H3,(H,19,20). The molecule has 0 heterocycles. The Labute approximate surface area is 126 Å². The van der Waals surface area contributed by atoms with Crippen molar-refractivity contribution in [3.8, 4) is 28.4 Å². The highest BCUT2D eigenvalue weighted by atomic mass is 16.5. The Morgan fingerprint density at radius 3 is 2.45 bits per heavy atom. The Morgan fingerprint density at radius 2 is 1.91 bits per heavy atom. The molecule has 114 valence electrons. The number of hydrogen-bond acceptors (Lipinski definition) is 5. The van der Waals surface area contributed by atoms with E-state index in [0.717, 1.165) is 0 Å². The smallest absolute Gasteiger partial charge is 0.335 e. The summed E-state index contributed by atoms with van der Waals surface area (Å²) in [6.07, 6.45) is 0.591. The van der Waals surface area contributed by atoms with Crippen LogP contribution in [-0.4, -0.2) is 36.7 Å². The number of aromatic carboxylic acids is 1. The van der Waals surface area contributed by atoms with Crippen LogP contribution in [0.25, 0.3) is 11.1 Å². The molecule has 0 saturated carbocycles. The van der Waals surface area contributed by atoms with Gasteiger partial charge in [0.05, 0.1) is 19.8 Å². The maximum atomic E-state index is 11.4. The SMILES string of the molecule is COc1cc(C=O)c(-c2cccc(C(=O)O)c2)c(OC)c1O.